The molecule has 2 N–H and O–H groups in total. The molecule has 0 radical (unpaired) electrons. The van der Waals surface area contributed by atoms with E-state index in [2.05, 4.69) is 31.1 Å². The third kappa shape index (κ3) is 12.4. The van der Waals surface area contributed by atoms with E-state index in [9.17, 15) is 43.7 Å². The first kappa shape index (κ1) is 47.5. The molecule has 0 aliphatic rings. The minimum atomic E-state index is -5.16. The number of rotatable bonds is 10. The van der Waals surface area contributed by atoms with Crippen LogP contribution in [0.1, 0.15) is 5.56 Å². The number of anilines is 2. The largest absolute Gasteiger partial charge is 1.00 e. The third-order valence-electron chi connectivity index (χ3n) is 6.98. The zero-order chi connectivity index (χ0) is 37.1. The van der Waals surface area contributed by atoms with Gasteiger partial charge in [-0.1, -0.05) is 12.1 Å². The van der Waals surface area contributed by atoms with Crippen LogP contribution in [0.5, 0.6) is 5.75 Å². The Balaban J connectivity index is 0.00000336. The van der Waals surface area contributed by atoms with Gasteiger partial charge >= 0.3 is 94.7 Å². The summed E-state index contributed by atoms with van der Waals surface area (Å²) in [5.41, 5.74) is 2.18. The maximum atomic E-state index is 12.8. The molecule has 0 unspecified atom stereocenters. The van der Waals surface area contributed by atoms with Crippen LogP contribution in [-0.4, -0.2) is 52.1 Å². The van der Waals surface area contributed by atoms with Crippen LogP contribution >= 0.6 is 0 Å². The van der Waals surface area contributed by atoms with Gasteiger partial charge in [0.25, 0.3) is 0 Å². The number of benzene rings is 5. The molecule has 0 aliphatic heterocycles. The van der Waals surface area contributed by atoms with Crippen molar-refractivity contribution in [2.75, 3.05) is 17.7 Å². The van der Waals surface area contributed by atoms with Gasteiger partial charge in [-0.2, -0.15) is 20.5 Å². The molecule has 0 heterocycles. The normalized spacial score (nSPS) is 11.7. The number of amides is 2. The molecule has 54 heavy (non-hydrogen) atoms. The molecule has 264 valence electrons. The van der Waals surface area contributed by atoms with Gasteiger partial charge in [-0.05, 0) is 90.7 Å². The van der Waals surface area contributed by atoms with Crippen LogP contribution in [0.25, 0.3) is 10.8 Å². The van der Waals surface area contributed by atoms with E-state index >= 15 is 0 Å². The second-order valence-electron chi connectivity index (χ2n) is 10.6. The molecule has 0 fully saturated rings. The van der Waals surface area contributed by atoms with Gasteiger partial charge in [-0.25, -0.2) is 30.0 Å². The Bertz CT molecular complexity index is 2610. The van der Waals surface area contributed by atoms with Crippen LogP contribution in [-0.2, 0) is 30.4 Å². The van der Waals surface area contributed by atoms with Gasteiger partial charge < -0.3 is 29.0 Å². The Morgan fingerprint density at radius 2 is 1.24 bits per heavy atom. The molecule has 5 aromatic rings. The summed E-state index contributed by atoms with van der Waals surface area (Å²) in [7, 11) is -13.5. The zero-order valence-electron chi connectivity index (χ0n) is 29.2. The van der Waals surface area contributed by atoms with Crippen LogP contribution in [0, 0.1) is 6.92 Å². The maximum absolute atomic E-state index is 12.8. The van der Waals surface area contributed by atoms with Crippen molar-refractivity contribution in [3.63, 3.8) is 0 Å². The molecule has 0 aromatic heterocycles. The molecular weight excluding hydrogens is 798 g/mol. The minimum Gasteiger partial charge on any atom is -0.744 e. The summed E-state index contributed by atoms with van der Waals surface area (Å²) in [5, 5.41) is 21.4. The van der Waals surface area contributed by atoms with Crippen LogP contribution in [0.2, 0.25) is 0 Å². The Kier molecular flexibility index (Phi) is 17.1. The molecule has 2 amide bonds. The first-order chi connectivity index (χ1) is 23.9. The number of carbonyl (C=O) groups is 1. The fraction of sp³-hybridized carbons (Fsp3) is 0.0645. The van der Waals surface area contributed by atoms with Crippen molar-refractivity contribution in [2.45, 2.75) is 21.6 Å². The minimum absolute atomic E-state index is 0. The smallest absolute Gasteiger partial charge is 0.744 e. The van der Waals surface area contributed by atoms with E-state index in [0.29, 0.717) is 28.7 Å². The van der Waals surface area contributed by atoms with Crippen molar-refractivity contribution < 1.29 is 137 Å². The number of fused-ring (bicyclic) bond motifs is 1. The molecule has 5 aromatic carbocycles. The molecule has 0 spiro atoms. The van der Waals surface area contributed by atoms with Crippen molar-refractivity contribution in [3.8, 4) is 5.75 Å². The second kappa shape index (κ2) is 19.5. The van der Waals surface area contributed by atoms with Gasteiger partial charge in [0.2, 0.25) is 0 Å². The summed E-state index contributed by atoms with van der Waals surface area (Å²) in [6.45, 7) is 1.69. The molecule has 0 atom stereocenters. The summed E-state index contributed by atoms with van der Waals surface area (Å²) in [5.74, 6) is 0.231. The van der Waals surface area contributed by atoms with E-state index < -0.39 is 51.1 Å². The monoisotopic (exact) mass is 820 g/mol. The summed E-state index contributed by atoms with van der Waals surface area (Å²) < 4.78 is 109. The van der Waals surface area contributed by atoms with Crippen molar-refractivity contribution in [1.82, 2.24) is 0 Å². The number of hydrogen-bond acceptors (Lipinski definition) is 15. The standard InChI is InChI=1S/C31H26N6O11S3.3Na/c1-18-12-20(8-10-27(18)37-36-22-7-6-19-13-25(50(42,43)44)17-30(26(19)15-22)51(45,46)47)32-31(38)33-28-11-9-23(16-29(28)48-2)35-34-21-4-3-5-24(14-21)49(39,40)41;;;/h3-17H,1-2H3,(H2,32,33,38)(H,39,40,41)(H,42,43,44)(H,45,46,47);;;/q;3*+1/p-3. The molecule has 0 saturated carbocycles. The first-order valence-corrected chi connectivity index (χ1v) is 18.4. The number of aryl methyl sites for hydroxylation is 1. The van der Waals surface area contributed by atoms with Gasteiger partial charge in [-0.15, -0.1) is 0 Å². The molecule has 5 rings (SSSR count). The summed E-state index contributed by atoms with van der Waals surface area (Å²) >= 11 is 0. The van der Waals surface area contributed by atoms with Crippen LogP contribution in [0.15, 0.2) is 126 Å². The van der Waals surface area contributed by atoms with Crippen LogP contribution in [0.4, 0.5) is 38.9 Å². The predicted octanol–water partition coefficient (Wildman–Crippen LogP) is -2.64. The number of ether oxygens (including phenoxy) is 1. The first-order valence-electron chi connectivity index (χ1n) is 14.2. The maximum Gasteiger partial charge on any atom is 1.00 e. The number of urea groups is 1. The van der Waals surface area contributed by atoms with E-state index in [-0.39, 0.29) is 122 Å². The molecular formula is C31H23N6Na3O11S3. The van der Waals surface area contributed by atoms with Crippen molar-refractivity contribution in [1.29, 1.82) is 0 Å². The van der Waals surface area contributed by atoms with Gasteiger partial charge in [-0.3, -0.25) is 0 Å². The van der Waals surface area contributed by atoms with Crippen molar-refractivity contribution in [3.05, 3.63) is 96.6 Å². The van der Waals surface area contributed by atoms with Crippen LogP contribution < -0.4 is 104 Å². The summed E-state index contributed by atoms with van der Waals surface area (Å²) in [6.07, 6.45) is 0. The SMILES string of the molecule is COc1cc(N=Nc2cccc(S(=O)(=O)[O-])c2)ccc1NC(=O)Nc1ccc(N=Nc2ccc3cc(S(=O)(=O)[O-])cc(S(=O)(=O)[O-])c3c2)c(C)c1.[Na+].[Na+].[Na+]. The van der Waals surface area contributed by atoms with Crippen molar-refractivity contribution >= 4 is 81.3 Å². The molecule has 17 nitrogen and oxygen atoms in total. The van der Waals surface area contributed by atoms with E-state index in [1.807, 2.05) is 0 Å². The Morgan fingerprint density at radius 3 is 1.85 bits per heavy atom. The van der Waals surface area contributed by atoms with E-state index in [1.165, 1.54) is 55.6 Å². The van der Waals surface area contributed by atoms with Gasteiger partial charge in [0.1, 0.15) is 36.1 Å². The van der Waals surface area contributed by atoms with Gasteiger partial charge in [0.05, 0.1) is 50.2 Å². The Morgan fingerprint density at radius 1 is 0.630 bits per heavy atom. The number of azo groups is 2. The average Bonchev–Trinajstić information content (AvgIpc) is 3.05. The zero-order valence-corrected chi connectivity index (χ0v) is 37.6. The fourth-order valence-corrected chi connectivity index (χ4v) is 6.44. The summed E-state index contributed by atoms with van der Waals surface area (Å²) in [4.78, 5) is 10.6. The topological polar surface area (TPSA) is 271 Å². The van der Waals surface area contributed by atoms with Gasteiger partial charge in [0.15, 0.2) is 0 Å². The number of hydrogen-bond donors (Lipinski definition) is 2. The molecule has 0 aliphatic carbocycles. The van der Waals surface area contributed by atoms with E-state index in [4.69, 9.17) is 4.74 Å². The number of methoxy groups -OCH3 is 1. The second-order valence-corrected chi connectivity index (χ2v) is 14.7. The quantitative estimate of drug-likeness (QED) is 0.0835. The van der Waals surface area contributed by atoms with E-state index in [1.54, 1.807) is 25.1 Å². The Hall–Kier alpha value is -2.64. The predicted molar refractivity (Wildman–Crippen MR) is 179 cm³/mol. The average molecular weight is 821 g/mol. The number of carbonyl (C=O) groups excluding carboxylic acids is 1. The Labute approximate surface area is 376 Å². The molecule has 0 bridgehead atoms. The van der Waals surface area contributed by atoms with Crippen molar-refractivity contribution in [2.24, 2.45) is 20.5 Å². The third-order valence-corrected chi connectivity index (χ3v) is 9.50. The van der Waals surface area contributed by atoms with E-state index in [0.717, 1.165) is 18.2 Å². The number of nitrogens with one attached hydrogen (secondary N) is 2. The van der Waals surface area contributed by atoms with Crippen LogP contribution in [0.3, 0.4) is 0 Å². The molecule has 0 saturated heterocycles. The number of nitrogens with zero attached hydrogens (tertiary/aromatic N) is 4. The fourth-order valence-electron chi connectivity index (χ4n) is 4.60. The summed E-state index contributed by atoms with van der Waals surface area (Å²) in [6, 6.07) is 19.0. The van der Waals surface area contributed by atoms with Gasteiger partial charge in [0, 0.05) is 17.1 Å². The molecule has 23 heteroatoms.